The molecule has 0 atom stereocenters. The second-order valence-electron chi connectivity index (χ2n) is 2.18. The van der Waals surface area contributed by atoms with Gasteiger partial charge in [-0.15, -0.1) is 0 Å². The molecule has 0 saturated heterocycles. The molecule has 12 heavy (non-hydrogen) atoms. The van der Waals surface area contributed by atoms with E-state index in [0.29, 0.717) is 5.56 Å². The Balaban J connectivity index is 3.26. The fourth-order valence-electron chi connectivity index (χ4n) is 0.761. The standard InChI is InChI=1S/C7H6BrClN2O/c1-4-5(7(9)11-12)2-10-3-6(4)8/h2-3,12H,1H3. The molecule has 1 N–H and O–H groups in total. The Morgan fingerprint density at radius 2 is 2.33 bits per heavy atom. The summed E-state index contributed by atoms with van der Waals surface area (Å²) in [5, 5.41) is 11.3. The fraction of sp³-hybridized carbons (Fsp3) is 0.143. The Hall–Kier alpha value is -0.610. The van der Waals surface area contributed by atoms with E-state index in [1.54, 1.807) is 12.4 Å². The number of aromatic nitrogens is 1. The largest absolute Gasteiger partial charge is 0.410 e. The molecule has 0 radical (unpaired) electrons. The van der Waals surface area contributed by atoms with Crippen molar-refractivity contribution >= 4 is 32.7 Å². The van der Waals surface area contributed by atoms with Crippen LogP contribution in [-0.2, 0) is 0 Å². The van der Waals surface area contributed by atoms with Crippen molar-refractivity contribution in [3.63, 3.8) is 0 Å². The van der Waals surface area contributed by atoms with Crippen LogP contribution in [0.3, 0.4) is 0 Å². The predicted octanol–water partition coefficient (Wildman–Crippen LogP) is 2.53. The Labute approximate surface area is 83.2 Å². The van der Waals surface area contributed by atoms with Gasteiger partial charge in [0.25, 0.3) is 0 Å². The molecular formula is C7H6BrClN2O. The van der Waals surface area contributed by atoms with E-state index >= 15 is 0 Å². The van der Waals surface area contributed by atoms with Gasteiger partial charge in [0.1, 0.15) is 0 Å². The van der Waals surface area contributed by atoms with E-state index in [4.69, 9.17) is 16.8 Å². The number of hydrogen-bond acceptors (Lipinski definition) is 3. The topological polar surface area (TPSA) is 45.5 Å². The predicted molar refractivity (Wildman–Crippen MR) is 50.9 cm³/mol. The molecule has 0 amide bonds. The summed E-state index contributed by atoms with van der Waals surface area (Å²) in [6.45, 7) is 1.86. The molecule has 64 valence electrons. The maximum atomic E-state index is 8.42. The van der Waals surface area contributed by atoms with Crippen LogP contribution in [0.2, 0.25) is 0 Å². The van der Waals surface area contributed by atoms with Gasteiger partial charge in [0.05, 0.1) is 0 Å². The number of pyridine rings is 1. The number of nitrogens with zero attached hydrogens (tertiary/aromatic N) is 2. The molecule has 5 heteroatoms. The molecule has 0 aliphatic heterocycles. The second kappa shape index (κ2) is 3.87. The zero-order valence-corrected chi connectivity index (χ0v) is 8.59. The lowest BCUT2D eigenvalue weighted by Gasteiger charge is -2.02. The first-order valence-electron chi connectivity index (χ1n) is 3.15. The molecule has 0 aliphatic rings. The van der Waals surface area contributed by atoms with Crippen molar-refractivity contribution in [2.24, 2.45) is 5.16 Å². The molecule has 0 aliphatic carbocycles. The van der Waals surface area contributed by atoms with Gasteiger partial charge in [0.2, 0.25) is 0 Å². The van der Waals surface area contributed by atoms with Crippen LogP contribution in [0.5, 0.6) is 0 Å². The van der Waals surface area contributed by atoms with Crippen LogP contribution < -0.4 is 0 Å². The van der Waals surface area contributed by atoms with Crippen molar-refractivity contribution in [3.05, 3.63) is 28.0 Å². The van der Waals surface area contributed by atoms with Crippen molar-refractivity contribution in [3.8, 4) is 0 Å². The number of hydrogen-bond donors (Lipinski definition) is 1. The Morgan fingerprint density at radius 3 is 2.92 bits per heavy atom. The van der Waals surface area contributed by atoms with Crippen molar-refractivity contribution in [1.82, 2.24) is 4.98 Å². The van der Waals surface area contributed by atoms with Crippen LogP contribution in [0, 0.1) is 6.92 Å². The second-order valence-corrected chi connectivity index (χ2v) is 3.40. The minimum Gasteiger partial charge on any atom is -0.410 e. The summed E-state index contributed by atoms with van der Waals surface area (Å²) in [4.78, 5) is 3.89. The Bertz CT molecular complexity index is 327. The highest BCUT2D eigenvalue weighted by atomic mass is 79.9. The minimum atomic E-state index is 0.0429. The summed E-state index contributed by atoms with van der Waals surface area (Å²) in [6, 6.07) is 0. The third kappa shape index (κ3) is 1.76. The first-order valence-corrected chi connectivity index (χ1v) is 4.32. The molecule has 1 aromatic heterocycles. The van der Waals surface area contributed by atoms with Crippen LogP contribution >= 0.6 is 27.5 Å². The minimum absolute atomic E-state index is 0.0429. The highest BCUT2D eigenvalue weighted by Crippen LogP contribution is 2.19. The molecule has 1 aromatic rings. The van der Waals surface area contributed by atoms with Gasteiger partial charge in [-0.3, -0.25) is 4.98 Å². The van der Waals surface area contributed by atoms with E-state index in [0.717, 1.165) is 10.0 Å². The summed E-state index contributed by atoms with van der Waals surface area (Å²) in [6.07, 6.45) is 3.20. The average Bonchev–Trinajstić information content (AvgIpc) is 2.08. The molecular weight excluding hydrogens is 243 g/mol. The van der Waals surface area contributed by atoms with Gasteiger partial charge >= 0.3 is 0 Å². The Morgan fingerprint density at radius 1 is 1.67 bits per heavy atom. The van der Waals surface area contributed by atoms with Gasteiger partial charge in [0, 0.05) is 22.4 Å². The Kier molecular flexibility index (Phi) is 3.05. The average molecular weight is 249 g/mol. The molecule has 0 saturated carbocycles. The summed E-state index contributed by atoms with van der Waals surface area (Å²) in [7, 11) is 0. The van der Waals surface area contributed by atoms with E-state index in [2.05, 4.69) is 26.1 Å². The number of halogens is 2. The maximum absolute atomic E-state index is 8.42. The van der Waals surface area contributed by atoms with E-state index in [1.165, 1.54) is 0 Å². The lowest BCUT2D eigenvalue weighted by atomic mass is 10.2. The van der Waals surface area contributed by atoms with Crippen molar-refractivity contribution in [2.45, 2.75) is 6.92 Å². The zero-order valence-electron chi connectivity index (χ0n) is 6.25. The molecule has 1 rings (SSSR count). The van der Waals surface area contributed by atoms with Gasteiger partial charge in [-0.25, -0.2) is 0 Å². The van der Waals surface area contributed by atoms with E-state index in [-0.39, 0.29) is 5.17 Å². The molecule has 0 aromatic carbocycles. The summed E-state index contributed by atoms with van der Waals surface area (Å²) in [5.41, 5.74) is 1.52. The van der Waals surface area contributed by atoms with E-state index in [1.807, 2.05) is 6.92 Å². The maximum Gasteiger partial charge on any atom is 0.177 e. The monoisotopic (exact) mass is 248 g/mol. The van der Waals surface area contributed by atoms with Crippen molar-refractivity contribution < 1.29 is 5.21 Å². The van der Waals surface area contributed by atoms with Crippen LogP contribution in [0.4, 0.5) is 0 Å². The van der Waals surface area contributed by atoms with Gasteiger partial charge in [-0.05, 0) is 28.4 Å². The molecule has 3 nitrogen and oxygen atoms in total. The highest BCUT2D eigenvalue weighted by Gasteiger charge is 2.06. The van der Waals surface area contributed by atoms with Gasteiger partial charge in [-0.2, -0.15) is 0 Å². The molecule has 1 heterocycles. The summed E-state index contributed by atoms with van der Waals surface area (Å²) in [5.74, 6) is 0. The van der Waals surface area contributed by atoms with Crippen LogP contribution in [-0.4, -0.2) is 15.4 Å². The van der Waals surface area contributed by atoms with Crippen molar-refractivity contribution in [2.75, 3.05) is 0 Å². The first kappa shape index (κ1) is 9.48. The molecule has 0 spiro atoms. The first-order chi connectivity index (χ1) is 5.66. The van der Waals surface area contributed by atoms with Gasteiger partial charge < -0.3 is 5.21 Å². The van der Waals surface area contributed by atoms with Crippen LogP contribution in [0.25, 0.3) is 0 Å². The lowest BCUT2D eigenvalue weighted by Crippen LogP contribution is -1.96. The summed E-state index contributed by atoms with van der Waals surface area (Å²) < 4.78 is 0.835. The normalized spacial score (nSPS) is 11.8. The van der Waals surface area contributed by atoms with Crippen LogP contribution in [0.1, 0.15) is 11.1 Å². The lowest BCUT2D eigenvalue weighted by molar-refractivity contribution is 0.321. The zero-order chi connectivity index (χ0) is 9.14. The smallest absolute Gasteiger partial charge is 0.177 e. The highest BCUT2D eigenvalue weighted by molar-refractivity contribution is 9.10. The van der Waals surface area contributed by atoms with Crippen LogP contribution in [0.15, 0.2) is 22.0 Å². The number of rotatable bonds is 1. The molecule has 0 bridgehead atoms. The molecule has 0 fully saturated rings. The van der Waals surface area contributed by atoms with E-state index < -0.39 is 0 Å². The quantitative estimate of drug-likeness (QED) is 0.472. The van der Waals surface area contributed by atoms with Crippen molar-refractivity contribution in [1.29, 1.82) is 0 Å². The molecule has 0 unspecified atom stereocenters. The van der Waals surface area contributed by atoms with Gasteiger partial charge in [-0.1, -0.05) is 16.8 Å². The fourth-order valence-corrected chi connectivity index (χ4v) is 1.28. The number of oxime groups is 1. The SMILES string of the molecule is Cc1c(Br)cncc1C(Cl)=NO. The van der Waals surface area contributed by atoms with E-state index in [9.17, 15) is 0 Å². The summed E-state index contributed by atoms with van der Waals surface area (Å²) >= 11 is 8.89. The third-order valence-corrected chi connectivity index (χ3v) is 2.54. The third-order valence-electron chi connectivity index (χ3n) is 1.46. The van der Waals surface area contributed by atoms with Gasteiger partial charge in [0.15, 0.2) is 5.17 Å².